The molecule has 1 amide bonds. The van der Waals surface area contributed by atoms with Crippen LogP contribution < -0.4 is 14.8 Å². The van der Waals surface area contributed by atoms with E-state index >= 15 is 0 Å². The van der Waals surface area contributed by atoms with E-state index in [9.17, 15) is 4.79 Å². The molecular formula is C22H27NO3. The second kappa shape index (κ2) is 7.02. The predicted octanol–water partition coefficient (Wildman–Crippen LogP) is 4.73. The van der Waals surface area contributed by atoms with Gasteiger partial charge in [0.2, 0.25) is 0 Å². The number of aryl methyl sites for hydroxylation is 2. The summed E-state index contributed by atoms with van der Waals surface area (Å²) < 4.78 is 11.6. The summed E-state index contributed by atoms with van der Waals surface area (Å²) in [5.41, 5.74) is 3.48. The van der Waals surface area contributed by atoms with E-state index in [1.54, 1.807) is 0 Å². The van der Waals surface area contributed by atoms with E-state index in [4.69, 9.17) is 9.47 Å². The van der Waals surface area contributed by atoms with Gasteiger partial charge in [-0.2, -0.15) is 0 Å². The van der Waals surface area contributed by atoms with Crippen molar-refractivity contribution in [2.24, 2.45) is 0 Å². The number of carbonyl (C=O) groups excluding carboxylic acids is 1. The van der Waals surface area contributed by atoms with E-state index in [0.29, 0.717) is 12.2 Å². The SMILES string of the molecule is CCOc1ccc(C(=O)N[C@@H]2CC(C)(C)Oc3ccc(C)cc32)cc1C. The Bertz CT molecular complexity index is 826. The highest BCUT2D eigenvalue weighted by molar-refractivity contribution is 5.95. The van der Waals surface area contributed by atoms with Gasteiger partial charge < -0.3 is 14.8 Å². The highest BCUT2D eigenvalue weighted by Crippen LogP contribution is 2.40. The normalized spacial score (nSPS) is 17.8. The molecule has 0 bridgehead atoms. The zero-order chi connectivity index (χ0) is 18.9. The maximum absolute atomic E-state index is 12.8. The summed E-state index contributed by atoms with van der Waals surface area (Å²) in [7, 11) is 0. The van der Waals surface area contributed by atoms with Gasteiger partial charge in [-0.25, -0.2) is 0 Å². The molecule has 0 radical (unpaired) electrons. The minimum Gasteiger partial charge on any atom is -0.494 e. The second-order valence-electron chi connectivity index (χ2n) is 7.55. The van der Waals surface area contributed by atoms with Gasteiger partial charge in [-0.15, -0.1) is 0 Å². The summed E-state index contributed by atoms with van der Waals surface area (Å²) in [5, 5.41) is 3.19. The number of hydrogen-bond donors (Lipinski definition) is 1. The lowest BCUT2D eigenvalue weighted by Gasteiger charge is -2.38. The van der Waals surface area contributed by atoms with Gasteiger partial charge in [0.15, 0.2) is 0 Å². The van der Waals surface area contributed by atoms with Crippen LogP contribution in [-0.2, 0) is 0 Å². The molecule has 1 aliphatic heterocycles. The Morgan fingerprint density at radius 3 is 2.69 bits per heavy atom. The van der Waals surface area contributed by atoms with Gasteiger partial charge >= 0.3 is 0 Å². The third-order valence-electron chi connectivity index (χ3n) is 4.66. The lowest BCUT2D eigenvalue weighted by atomic mass is 9.88. The smallest absolute Gasteiger partial charge is 0.251 e. The molecule has 0 unspecified atom stereocenters. The third-order valence-corrected chi connectivity index (χ3v) is 4.66. The molecule has 2 aromatic rings. The summed E-state index contributed by atoms with van der Waals surface area (Å²) in [6, 6.07) is 11.6. The van der Waals surface area contributed by atoms with Crippen LogP contribution in [0.15, 0.2) is 36.4 Å². The highest BCUT2D eigenvalue weighted by Gasteiger charge is 2.34. The quantitative estimate of drug-likeness (QED) is 0.864. The Kier molecular flexibility index (Phi) is 4.94. The molecule has 1 atom stereocenters. The van der Waals surface area contributed by atoms with Gasteiger partial charge in [-0.3, -0.25) is 4.79 Å². The Hall–Kier alpha value is -2.49. The first kappa shape index (κ1) is 18.3. The molecule has 0 spiro atoms. The molecule has 0 fully saturated rings. The monoisotopic (exact) mass is 353 g/mol. The molecule has 0 saturated heterocycles. The summed E-state index contributed by atoms with van der Waals surface area (Å²) in [5.74, 6) is 1.59. The van der Waals surface area contributed by atoms with Crippen LogP contribution in [0.2, 0.25) is 0 Å². The molecule has 1 aliphatic rings. The highest BCUT2D eigenvalue weighted by atomic mass is 16.5. The maximum atomic E-state index is 12.8. The summed E-state index contributed by atoms with van der Waals surface area (Å²) in [4.78, 5) is 12.8. The van der Waals surface area contributed by atoms with Gasteiger partial charge in [0.25, 0.3) is 5.91 Å². The fraction of sp³-hybridized carbons (Fsp3) is 0.409. The van der Waals surface area contributed by atoms with E-state index in [1.807, 2.05) is 44.2 Å². The van der Waals surface area contributed by atoms with Gasteiger partial charge in [-0.05, 0) is 64.4 Å². The van der Waals surface area contributed by atoms with Gasteiger partial charge in [-0.1, -0.05) is 17.7 Å². The molecule has 3 rings (SSSR count). The van der Waals surface area contributed by atoms with Crippen molar-refractivity contribution in [3.8, 4) is 11.5 Å². The number of amides is 1. The van der Waals surface area contributed by atoms with Crippen LogP contribution >= 0.6 is 0 Å². The number of ether oxygens (including phenoxy) is 2. The molecule has 2 aromatic carbocycles. The van der Waals surface area contributed by atoms with Crippen LogP contribution in [0.1, 0.15) is 60.3 Å². The van der Waals surface area contributed by atoms with Crippen LogP contribution in [0.25, 0.3) is 0 Å². The molecular weight excluding hydrogens is 326 g/mol. The topological polar surface area (TPSA) is 47.6 Å². The number of rotatable bonds is 4. The van der Waals surface area contributed by atoms with Crippen molar-refractivity contribution >= 4 is 5.91 Å². The van der Waals surface area contributed by atoms with Crippen molar-refractivity contribution in [3.63, 3.8) is 0 Å². The van der Waals surface area contributed by atoms with Crippen LogP contribution in [-0.4, -0.2) is 18.1 Å². The van der Waals surface area contributed by atoms with Crippen molar-refractivity contribution in [2.45, 2.75) is 52.7 Å². The van der Waals surface area contributed by atoms with Crippen molar-refractivity contribution < 1.29 is 14.3 Å². The molecule has 0 aliphatic carbocycles. The number of nitrogens with one attached hydrogen (secondary N) is 1. The van der Waals surface area contributed by atoms with Gasteiger partial charge in [0.05, 0.1) is 12.6 Å². The molecule has 4 heteroatoms. The maximum Gasteiger partial charge on any atom is 0.251 e. The molecule has 26 heavy (non-hydrogen) atoms. The third kappa shape index (κ3) is 3.85. The number of benzene rings is 2. The molecule has 1 heterocycles. The van der Waals surface area contributed by atoms with Crippen molar-refractivity contribution in [1.29, 1.82) is 0 Å². The fourth-order valence-electron chi connectivity index (χ4n) is 3.45. The Labute approximate surface area is 155 Å². The summed E-state index contributed by atoms with van der Waals surface area (Å²) in [6.07, 6.45) is 0.727. The largest absolute Gasteiger partial charge is 0.494 e. The Morgan fingerprint density at radius 2 is 2.00 bits per heavy atom. The molecule has 0 saturated carbocycles. The number of carbonyl (C=O) groups is 1. The van der Waals surface area contributed by atoms with Crippen molar-refractivity contribution in [1.82, 2.24) is 5.32 Å². The average Bonchev–Trinajstić information content (AvgIpc) is 2.56. The zero-order valence-corrected chi connectivity index (χ0v) is 16.2. The zero-order valence-electron chi connectivity index (χ0n) is 16.2. The number of hydrogen-bond acceptors (Lipinski definition) is 3. The Morgan fingerprint density at radius 1 is 1.23 bits per heavy atom. The van der Waals surface area contributed by atoms with E-state index in [-0.39, 0.29) is 17.6 Å². The average molecular weight is 353 g/mol. The van der Waals surface area contributed by atoms with Gasteiger partial charge in [0, 0.05) is 17.5 Å². The van der Waals surface area contributed by atoms with E-state index in [0.717, 1.165) is 34.6 Å². The minimum absolute atomic E-state index is 0.0759. The molecule has 0 aromatic heterocycles. The number of fused-ring (bicyclic) bond motifs is 1. The van der Waals surface area contributed by atoms with Crippen LogP contribution in [0.4, 0.5) is 0 Å². The predicted molar refractivity (Wildman–Crippen MR) is 103 cm³/mol. The second-order valence-corrected chi connectivity index (χ2v) is 7.55. The first-order chi connectivity index (χ1) is 12.3. The molecule has 4 nitrogen and oxygen atoms in total. The molecule has 138 valence electrons. The fourth-order valence-corrected chi connectivity index (χ4v) is 3.45. The first-order valence-electron chi connectivity index (χ1n) is 9.13. The first-order valence-corrected chi connectivity index (χ1v) is 9.13. The standard InChI is InChI=1S/C22H27NO3/c1-6-25-19-10-8-16(12-15(19)3)21(24)23-18-13-22(4,5)26-20-9-7-14(2)11-17(18)20/h7-12,18H,6,13H2,1-5H3,(H,23,24)/t18-/m1/s1. The summed E-state index contributed by atoms with van der Waals surface area (Å²) >= 11 is 0. The minimum atomic E-state index is -0.324. The van der Waals surface area contributed by atoms with E-state index in [1.165, 1.54) is 0 Å². The Balaban J connectivity index is 1.85. The lowest BCUT2D eigenvalue weighted by molar-refractivity contribution is 0.0619. The lowest BCUT2D eigenvalue weighted by Crippen LogP contribution is -2.41. The summed E-state index contributed by atoms with van der Waals surface area (Å²) in [6.45, 7) is 10.7. The van der Waals surface area contributed by atoms with E-state index < -0.39 is 0 Å². The molecule has 1 N–H and O–H groups in total. The van der Waals surface area contributed by atoms with Crippen molar-refractivity contribution in [3.05, 3.63) is 58.7 Å². The van der Waals surface area contributed by atoms with Crippen LogP contribution in [0, 0.1) is 13.8 Å². The van der Waals surface area contributed by atoms with Gasteiger partial charge in [0.1, 0.15) is 17.1 Å². The van der Waals surface area contributed by atoms with Crippen LogP contribution in [0.3, 0.4) is 0 Å². The van der Waals surface area contributed by atoms with Crippen molar-refractivity contribution in [2.75, 3.05) is 6.61 Å². The van der Waals surface area contributed by atoms with E-state index in [2.05, 4.69) is 32.2 Å². The van der Waals surface area contributed by atoms with Crippen LogP contribution in [0.5, 0.6) is 11.5 Å².